The summed E-state index contributed by atoms with van der Waals surface area (Å²) in [7, 11) is 0. The molecule has 0 spiro atoms. The topological polar surface area (TPSA) is 66.8 Å². The molecule has 0 aliphatic carbocycles. The zero-order valence-electron chi connectivity index (χ0n) is 13.4. The molecule has 5 heteroatoms. The number of hydrogen-bond acceptors (Lipinski definition) is 3. The number of aliphatic carboxylic acids is 1. The Labute approximate surface area is 131 Å². The fourth-order valence-electron chi connectivity index (χ4n) is 2.12. The summed E-state index contributed by atoms with van der Waals surface area (Å²) in [5.74, 6) is -0.324. The Morgan fingerprint density at radius 3 is 2.36 bits per heavy atom. The molecular formula is C17H25NO4. The van der Waals surface area contributed by atoms with Gasteiger partial charge in [0.05, 0.1) is 13.0 Å². The van der Waals surface area contributed by atoms with Gasteiger partial charge in [-0.15, -0.1) is 0 Å². The highest BCUT2D eigenvalue weighted by Crippen LogP contribution is 2.20. The van der Waals surface area contributed by atoms with Crippen molar-refractivity contribution in [3.8, 4) is 5.75 Å². The highest BCUT2D eigenvalue weighted by atomic mass is 16.5. The van der Waals surface area contributed by atoms with Crippen molar-refractivity contribution in [2.24, 2.45) is 0 Å². The van der Waals surface area contributed by atoms with E-state index >= 15 is 0 Å². The minimum Gasteiger partial charge on any atom is -0.494 e. The summed E-state index contributed by atoms with van der Waals surface area (Å²) in [4.78, 5) is 23.7. The fourth-order valence-corrected chi connectivity index (χ4v) is 2.12. The molecule has 0 saturated heterocycles. The van der Waals surface area contributed by atoms with E-state index < -0.39 is 5.97 Å². The van der Waals surface area contributed by atoms with Crippen LogP contribution in [0, 0.1) is 0 Å². The van der Waals surface area contributed by atoms with E-state index in [1.807, 2.05) is 12.1 Å². The van der Waals surface area contributed by atoms with Crippen molar-refractivity contribution in [2.75, 3.05) is 18.1 Å². The molecule has 0 saturated carbocycles. The highest BCUT2D eigenvalue weighted by Gasteiger charge is 2.13. The first-order valence-corrected chi connectivity index (χ1v) is 7.77. The lowest BCUT2D eigenvalue weighted by Crippen LogP contribution is -2.30. The molecule has 0 aliphatic heterocycles. The number of carbonyl (C=O) groups excluding carboxylic acids is 1. The monoisotopic (exact) mass is 307 g/mol. The van der Waals surface area contributed by atoms with E-state index in [0.29, 0.717) is 12.3 Å². The van der Waals surface area contributed by atoms with Crippen molar-refractivity contribution in [3.63, 3.8) is 0 Å². The number of carboxylic acids is 1. The molecular weight excluding hydrogens is 282 g/mol. The first-order chi connectivity index (χ1) is 10.5. The van der Waals surface area contributed by atoms with Gasteiger partial charge in [0.1, 0.15) is 5.75 Å². The Morgan fingerprint density at radius 2 is 1.82 bits per heavy atom. The van der Waals surface area contributed by atoms with Crippen molar-refractivity contribution in [1.29, 1.82) is 0 Å². The summed E-state index contributed by atoms with van der Waals surface area (Å²) in [6.45, 7) is 4.46. The van der Waals surface area contributed by atoms with E-state index in [0.717, 1.165) is 12.2 Å². The maximum atomic E-state index is 11.6. The Bertz CT molecular complexity index is 470. The second-order valence-electron chi connectivity index (χ2n) is 5.22. The van der Waals surface area contributed by atoms with Crippen LogP contribution in [0.3, 0.4) is 0 Å². The van der Waals surface area contributed by atoms with Gasteiger partial charge in [0.15, 0.2) is 0 Å². The van der Waals surface area contributed by atoms with Crippen LogP contribution < -0.4 is 9.64 Å². The molecule has 22 heavy (non-hydrogen) atoms. The molecule has 0 bridgehead atoms. The lowest BCUT2D eigenvalue weighted by Gasteiger charge is -2.20. The molecule has 1 aromatic rings. The number of amides is 1. The Balaban J connectivity index is 2.53. The van der Waals surface area contributed by atoms with Gasteiger partial charge in [-0.05, 0) is 30.7 Å². The molecule has 0 unspecified atom stereocenters. The second kappa shape index (κ2) is 9.82. The van der Waals surface area contributed by atoms with Crippen LogP contribution in [0.4, 0.5) is 5.69 Å². The highest BCUT2D eigenvalue weighted by molar-refractivity contribution is 5.92. The lowest BCUT2D eigenvalue weighted by molar-refractivity contribution is -0.136. The molecule has 0 atom stereocenters. The molecule has 1 N–H and O–H groups in total. The lowest BCUT2D eigenvalue weighted by atomic mass is 10.2. The van der Waals surface area contributed by atoms with Gasteiger partial charge in [-0.3, -0.25) is 9.59 Å². The molecule has 1 aromatic carbocycles. The van der Waals surface area contributed by atoms with Gasteiger partial charge in [0.2, 0.25) is 5.91 Å². The van der Waals surface area contributed by atoms with Crippen molar-refractivity contribution >= 4 is 17.6 Å². The first kappa shape index (κ1) is 18.0. The van der Waals surface area contributed by atoms with E-state index in [9.17, 15) is 9.59 Å². The van der Waals surface area contributed by atoms with E-state index in [1.165, 1.54) is 31.1 Å². The predicted molar refractivity (Wildman–Crippen MR) is 86.4 cm³/mol. The molecule has 0 fully saturated rings. The minimum atomic E-state index is -0.918. The number of benzene rings is 1. The van der Waals surface area contributed by atoms with Crippen molar-refractivity contribution in [2.45, 2.75) is 46.0 Å². The van der Waals surface area contributed by atoms with Gasteiger partial charge in [-0.25, -0.2) is 0 Å². The first-order valence-electron chi connectivity index (χ1n) is 7.77. The number of hydrogen-bond donors (Lipinski definition) is 1. The molecule has 0 aliphatic rings. The summed E-state index contributed by atoms with van der Waals surface area (Å²) >= 11 is 0. The third-order valence-corrected chi connectivity index (χ3v) is 3.34. The Morgan fingerprint density at radius 1 is 1.14 bits per heavy atom. The summed E-state index contributed by atoms with van der Waals surface area (Å²) in [5.41, 5.74) is 0.687. The maximum Gasteiger partial charge on any atom is 0.305 e. The summed E-state index contributed by atoms with van der Waals surface area (Å²) in [6, 6.07) is 7.19. The van der Waals surface area contributed by atoms with Crippen LogP contribution in [-0.4, -0.2) is 30.1 Å². The number of nitrogens with zero attached hydrogens (tertiary/aromatic N) is 1. The quantitative estimate of drug-likeness (QED) is 0.672. The van der Waals surface area contributed by atoms with Crippen molar-refractivity contribution < 1.29 is 19.4 Å². The van der Waals surface area contributed by atoms with E-state index in [4.69, 9.17) is 9.84 Å². The van der Waals surface area contributed by atoms with Crippen LogP contribution in [-0.2, 0) is 9.59 Å². The molecule has 1 amide bonds. The van der Waals surface area contributed by atoms with Crippen molar-refractivity contribution in [3.05, 3.63) is 24.3 Å². The van der Waals surface area contributed by atoms with Crippen LogP contribution in [0.2, 0.25) is 0 Å². The predicted octanol–water partition coefficient (Wildman–Crippen LogP) is 3.47. The standard InChI is InChI=1S/C17H25NO4/c1-3-4-5-6-13-22-16-9-7-15(8-10-16)18(14(2)19)12-11-17(20)21/h7-10H,3-6,11-13H2,1-2H3,(H,20,21). The zero-order valence-corrected chi connectivity index (χ0v) is 13.4. The van der Waals surface area contributed by atoms with Crippen LogP contribution in [0.25, 0.3) is 0 Å². The average molecular weight is 307 g/mol. The average Bonchev–Trinajstić information content (AvgIpc) is 2.48. The largest absolute Gasteiger partial charge is 0.494 e. The molecule has 5 nitrogen and oxygen atoms in total. The summed E-state index contributed by atoms with van der Waals surface area (Å²) in [5, 5.41) is 8.74. The van der Waals surface area contributed by atoms with Gasteiger partial charge in [-0.1, -0.05) is 26.2 Å². The third kappa shape index (κ3) is 6.61. The number of carboxylic acid groups (broad SMARTS) is 1. The molecule has 0 heterocycles. The molecule has 0 aromatic heterocycles. The normalized spacial score (nSPS) is 10.3. The third-order valence-electron chi connectivity index (χ3n) is 3.34. The number of rotatable bonds is 10. The number of carbonyl (C=O) groups is 2. The number of ether oxygens (including phenoxy) is 1. The van der Waals surface area contributed by atoms with Crippen LogP contribution in [0.15, 0.2) is 24.3 Å². The van der Waals surface area contributed by atoms with Gasteiger partial charge in [-0.2, -0.15) is 0 Å². The SMILES string of the molecule is CCCCCCOc1ccc(N(CCC(=O)O)C(C)=O)cc1. The fraction of sp³-hybridized carbons (Fsp3) is 0.529. The van der Waals surface area contributed by atoms with E-state index in [1.54, 1.807) is 12.1 Å². The molecule has 122 valence electrons. The Kier molecular flexibility index (Phi) is 8.04. The van der Waals surface area contributed by atoms with Gasteiger partial charge in [0.25, 0.3) is 0 Å². The van der Waals surface area contributed by atoms with Crippen LogP contribution in [0.1, 0.15) is 46.0 Å². The smallest absolute Gasteiger partial charge is 0.305 e. The van der Waals surface area contributed by atoms with Crippen molar-refractivity contribution in [1.82, 2.24) is 0 Å². The minimum absolute atomic E-state index is 0.0741. The number of unbranched alkanes of at least 4 members (excludes halogenated alkanes) is 3. The Hall–Kier alpha value is -2.04. The van der Waals surface area contributed by atoms with E-state index in [2.05, 4.69) is 6.92 Å². The summed E-state index contributed by atoms with van der Waals surface area (Å²) < 4.78 is 5.65. The number of anilines is 1. The zero-order chi connectivity index (χ0) is 16.4. The summed E-state index contributed by atoms with van der Waals surface area (Å²) in [6.07, 6.45) is 4.55. The van der Waals surface area contributed by atoms with Crippen LogP contribution in [0.5, 0.6) is 5.75 Å². The van der Waals surface area contributed by atoms with E-state index in [-0.39, 0.29) is 18.9 Å². The van der Waals surface area contributed by atoms with Gasteiger partial charge in [0, 0.05) is 19.2 Å². The molecule has 1 rings (SSSR count). The molecule has 0 radical (unpaired) electrons. The van der Waals surface area contributed by atoms with Crippen LogP contribution >= 0.6 is 0 Å². The maximum absolute atomic E-state index is 11.6. The second-order valence-corrected chi connectivity index (χ2v) is 5.22. The van der Waals surface area contributed by atoms with Gasteiger partial charge < -0.3 is 14.7 Å². The van der Waals surface area contributed by atoms with Gasteiger partial charge >= 0.3 is 5.97 Å².